The molecule has 1 N–H and O–H groups in total. The predicted molar refractivity (Wildman–Crippen MR) is 116 cm³/mol. The maximum atomic E-state index is 12.8. The lowest BCUT2D eigenvalue weighted by Crippen LogP contribution is -2.45. The van der Waals surface area contributed by atoms with E-state index in [0.717, 1.165) is 35.4 Å². The van der Waals surface area contributed by atoms with Gasteiger partial charge < -0.3 is 5.32 Å². The third-order valence-corrected chi connectivity index (χ3v) is 8.07. The van der Waals surface area contributed by atoms with Crippen molar-refractivity contribution in [2.24, 2.45) is 0 Å². The number of anilines is 1. The minimum absolute atomic E-state index is 0.0519. The van der Waals surface area contributed by atoms with E-state index in [1.807, 2.05) is 0 Å². The van der Waals surface area contributed by atoms with E-state index in [1.54, 1.807) is 12.1 Å². The Morgan fingerprint density at radius 2 is 1.67 bits per heavy atom. The van der Waals surface area contributed by atoms with Gasteiger partial charge in [-0.15, -0.1) is 0 Å². The number of imide groups is 1. The molecule has 2 aromatic carbocycles. The smallest absolute Gasteiger partial charge is 0.269 e. The second-order valence-corrected chi connectivity index (χ2v) is 10.1. The van der Waals surface area contributed by atoms with Crippen LogP contribution in [0.3, 0.4) is 0 Å². The second kappa shape index (κ2) is 8.18. The number of aromatic nitrogens is 1. The minimum atomic E-state index is -4.02. The van der Waals surface area contributed by atoms with Crippen molar-refractivity contribution in [1.29, 1.82) is 0 Å². The van der Waals surface area contributed by atoms with Gasteiger partial charge in [0, 0.05) is 12.1 Å². The van der Waals surface area contributed by atoms with E-state index in [9.17, 15) is 32.9 Å². The zero-order valence-electron chi connectivity index (χ0n) is 16.8. The third kappa shape index (κ3) is 3.87. The molecule has 1 unspecified atom stereocenters. The summed E-state index contributed by atoms with van der Waals surface area (Å²) in [6, 6.07) is 9.40. The Morgan fingerprint density at radius 3 is 2.21 bits per heavy atom. The number of non-ortho nitro benzene ring substituents is 1. The maximum Gasteiger partial charge on any atom is 0.269 e. The van der Waals surface area contributed by atoms with Crippen LogP contribution in [0.4, 0.5) is 10.8 Å². The molecule has 0 aliphatic carbocycles. The molecule has 0 spiro atoms. The van der Waals surface area contributed by atoms with Gasteiger partial charge in [0.15, 0.2) is 5.13 Å². The van der Waals surface area contributed by atoms with Crippen LogP contribution >= 0.6 is 11.3 Å². The predicted octanol–water partition coefficient (Wildman–Crippen LogP) is 2.51. The molecular formula is C20H14N4O7S2. The number of carbonyl (C=O) groups excluding carboxylic acids is 3. The van der Waals surface area contributed by atoms with Crippen molar-refractivity contribution in [2.75, 3.05) is 5.32 Å². The van der Waals surface area contributed by atoms with Crippen LogP contribution in [-0.4, -0.2) is 47.0 Å². The Balaban J connectivity index is 1.50. The van der Waals surface area contributed by atoms with Gasteiger partial charge in [0.05, 0.1) is 27.1 Å². The lowest BCUT2D eigenvalue weighted by atomic mass is 10.1. The Kier molecular flexibility index (Phi) is 5.51. The molecule has 13 heteroatoms. The van der Waals surface area contributed by atoms with Crippen LogP contribution in [0.2, 0.25) is 0 Å². The largest absolute Gasteiger partial charge is 0.300 e. The van der Waals surface area contributed by atoms with Crippen LogP contribution in [0.15, 0.2) is 63.8 Å². The first-order chi connectivity index (χ1) is 15.6. The summed E-state index contributed by atoms with van der Waals surface area (Å²) in [5.41, 5.74) is 0.147. The molecule has 4 rings (SSSR count). The lowest BCUT2D eigenvalue weighted by molar-refractivity contribution is -0.384. The molecular weight excluding hydrogens is 472 g/mol. The van der Waals surface area contributed by atoms with Crippen molar-refractivity contribution in [3.8, 4) is 0 Å². The fourth-order valence-corrected chi connectivity index (χ4v) is 5.63. The van der Waals surface area contributed by atoms with Crippen molar-refractivity contribution in [3.63, 3.8) is 0 Å². The Labute approximate surface area is 190 Å². The molecule has 2 heterocycles. The van der Waals surface area contributed by atoms with Gasteiger partial charge in [-0.1, -0.05) is 23.5 Å². The minimum Gasteiger partial charge on any atom is -0.300 e. The fraction of sp³-hybridized carbons (Fsp3) is 0.100. The van der Waals surface area contributed by atoms with Gasteiger partial charge in [0.2, 0.25) is 15.7 Å². The average molecular weight is 486 g/mol. The number of benzene rings is 2. The normalized spacial score (nSPS) is 14.2. The highest BCUT2D eigenvalue weighted by Gasteiger charge is 2.40. The first-order valence-electron chi connectivity index (χ1n) is 9.34. The summed E-state index contributed by atoms with van der Waals surface area (Å²) in [7, 11) is -4.02. The molecule has 0 fully saturated rings. The molecule has 0 bridgehead atoms. The number of nitrogens with one attached hydrogen (secondary N) is 1. The van der Waals surface area contributed by atoms with Crippen LogP contribution in [0, 0.1) is 10.1 Å². The maximum absolute atomic E-state index is 12.8. The SMILES string of the molecule is CC(C(=O)Nc1ncc(S(=O)(=O)c2ccc([N+](=O)[O-])cc2)s1)N1C(=O)c2ccccc2C1=O. The average Bonchev–Trinajstić information content (AvgIpc) is 3.37. The summed E-state index contributed by atoms with van der Waals surface area (Å²) in [6.07, 6.45) is 1.05. The number of sulfone groups is 1. The van der Waals surface area contributed by atoms with Crippen LogP contribution in [0.25, 0.3) is 0 Å². The summed E-state index contributed by atoms with van der Waals surface area (Å²) in [5, 5.41) is 13.1. The van der Waals surface area contributed by atoms with E-state index in [0.29, 0.717) is 11.3 Å². The Morgan fingerprint density at radius 1 is 1.09 bits per heavy atom. The van der Waals surface area contributed by atoms with Gasteiger partial charge in [-0.25, -0.2) is 13.4 Å². The summed E-state index contributed by atoms with van der Waals surface area (Å²) in [6.45, 7) is 1.37. The summed E-state index contributed by atoms with van der Waals surface area (Å²) >= 11 is 0.669. The number of nitro groups is 1. The zero-order valence-corrected chi connectivity index (χ0v) is 18.4. The topological polar surface area (TPSA) is 157 Å². The number of hydrogen-bond acceptors (Lipinski definition) is 9. The van der Waals surface area contributed by atoms with E-state index in [4.69, 9.17) is 0 Å². The third-order valence-electron chi connectivity index (χ3n) is 4.93. The Bertz CT molecular complexity index is 1380. The molecule has 0 saturated carbocycles. The number of carbonyl (C=O) groups is 3. The van der Waals surface area contributed by atoms with Crippen LogP contribution < -0.4 is 5.32 Å². The van der Waals surface area contributed by atoms with Gasteiger partial charge in [0.1, 0.15) is 10.3 Å². The number of hydrogen-bond donors (Lipinski definition) is 1. The quantitative estimate of drug-likeness (QED) is 0.316. The summed E-state index contributed by atoms with van der Waals surface area (Å²) in [5.74, 6) is -1.92. The van der Waals surface area contributed by atoms with Crippen LogP contribution in [0.5, 0.6) is 0 Å². The van der Waals surface area contributed by atoms with E-state index in [1.165, 1.54) is 19.1 Å². The van der Waals surface area contributed by atoms with E-state index < -0.39 is 38.5 Å². The molecule has 1 aromatic heterocycles. The van der Waals surface area contributed by atoms with Crippen molar-refractivity contribution < 1.29 is 27.7 Å². The molecule has 11 nitrogen and oxygen atoms in total. The monoisotopic (exact) mass is 486 g/mol. The first-order valence-corrected chi connectivity index (χ1v) is 11.6. The zero-order chi connectivity index (χ0) is 23.9. The van der Waals surface area contributed by atoms with E-state index >= 15 is 0 Å². The highest BCUT2D eigenvalue weighted by atomic mass is 32.2. The molecule has 0 radical (unpaired) electrons. The highest BCUT2D eigenvalue weighted by molar-refractivity contribution is 7.93. The fourth-order valence-electron chi connectivity index (χ4n) is 3.19. The van der Waals surface area contributed by atoms with Crippen LogP contribution in [-0.2, 0) is 14.6 Å². The number of thiazole rings is 1. The van der Waals surface area contributed by atoms with Crippen molar-refractivity contribution >= 4 is 49.7 Å². The summed E-state index contributed by atoms with van der Waals surface area (Å²) < 4.78 is 25.3. The molecule has 3 amide bonds. The number of rotatable bonds is 6. The molecule has 0 saturated heterocycles. The molecule has 3 aromatic rings. The molecule has 1 aliphatic rings. The summed E-state index contributed by atoms with van der Waals surface area (Å²) in [4.78, 5) is 52.4. The molecule has 1 atom stereocenters. The van der Waals surface area contributed by atoms with E-state index in [2.05, 4.69) is 10.3 Å². The number of fused-ring (bicyclic) bond motifs is 1. The van der Waals surface area contributed by atoms with Gasteiger partial charge in [-0.3, -0.25) is 29.4 Å². The highest BCUT2D eigenvalue weighted by Crippen LogP contribution is 2.30. The van der Waals surface area contributed by atoms with Crippen molar-refractivity contribution in [1.82, 2.24) is 9.88 Å². The second-order valence-electron chi connectivity index (χ2n) is 6.93. The van der Waals surface area contributed by atoms with Crippen molar-refractivity contribution in [3.05, 3.63) is 76.0 Å². The molecule has 33 heavy (non-hydrogen) atoms. The molecule has 168 valence electrons. The Hall–Kier alpha value is -3.97. The van der Waals surface area contributed by atoms with Gasteiger partial charge in [-0.05, 0) is 31.2 Å². The molecule has 1 aliphatic heterocycles. The number of nitrogens with zero attached hydrogens (tertiary/aromatic N) is 3. The lowest BCUT2D eigenvalue weighted by Gasteiger charge is -2.21. The van der Waals surface area contributed by atoms with Gasteiger partial charge in [-0.2, -0.15) is 0 Å². The van der Waals surface area contributed by atoms with Crippen molar-refractivity contribution in [2.45, 2.75) is 22.1 Å². The number of nitro benzene ring substituents is 1. The standard InChI is InChI=1S/C20H14N4O7S2/c1-11(23-18(26)14-4-2-3-5-15(14)19(23)27)17(25)22-20-21-10-16(32-20)33(30,31)13-8-6-12(7-9-13)24(28)29/h2-11H,1H3,(H,21,22,25). The van der Waals surface area contributed by atoms with E-state index in [-0.39, 0.29) is 31.1 Å². The number of amides is 3. The van der Waals surface area contributed by atoms with Gasteiger partial charge >= 0.3 is 0 Å². The van der Waals surface area contributed by atoms with Crippen LogP contribution in [0.1, 0.15) is 27.6 Å². The first kappa shape index (κ1) is 22.2. The van der Waals surface area contributed by atoms with Gasteiger partial charge in [0.25, 0.3) is 17.5 Å².